The quantitative estimate of drug-likeness (QED) is 0.184. The fourth-order valence-corrected chi connectivity index (χ4v) is 2.32. The van der Waals surface area contributed by atoms with Gasteiger partial charge in [0.1, 0.15) is 5.75 Å². The van der Waals surface area contributed by atoms with Crippen LogP contribution in [0, 0.1) is 17.5 Å². The first-order valence-electron chi connectivity index (χ1n) is 8.03. The fourth-order valence-electron chi connectivity index (χ4n) is 2.00. The van der Waals surface area contributed by atoms with Crippen molar-refractivity contribution >= 4 is 34.6 Å². The summed E-state index contributed by atoms with van der Waals surface area (Å²) >= 11 is 11.3. The molecule has 0 atom stereocenters. The van der Waals surface area contributed by atoms with Crippen molar-refractivity contribution in [3.8, 4) is 11.5 Å². The fraction of sp³-hybridized carbons (Fsp3) is 0.316. The van der Waals surface area contributed by atoms with Crippen LogP contribution in [0.15, 0.2) is 36.4 Å². The number of hydrogen-bond acceptors (Lipinski definition) is 6. The smallest absolute Gasteiger partial charge is 0.311 e. The Morgan fingerprint density at radius 2 is 1.48 bits per heavy atom. The topological polar surface area (TPSA) is 96.9 Å². The minimum Gasteiger partial charge on any atom is -0.495 e. The minimum absolute atomic E-state index is 0. The summed E-state index contributed by atoms with van der Waals surface area (Å²) in [5, 5.41) is 11.4. The van der Waals surface area contributed by atoms with Crippen molar-refractivity contribution in [3.05, 3.63) is 64.0 Å². The van der Waals surface area contributed by atoms with E-state index in [9.17, 15) is 10.1 Å². The maximum Gasteiger partial charge on any atom is 0.311 e. The summed E-state index contributed by atoms with van der Waals surface area (Å²) in [6.07, 6.45) is 2.56. The molecule has 0 unspecified atom stereocenters. The van der Waals surface area contributed by atoms with Crippen molar-refractivity contribution in [1.29, 1.82) is 0 Å². The summed E-state index contributed by atoms with van der Waals surface area (Å²) in [5.74, 6) is 0.792. The third-order valence-corrected chi connectivity index (χ3v) is 3.83. The number of ether oxygens (including phenoxy) is 3. The number of nitro groups is 1. The van der Waals surface area contributed by atoms with Crippen LogP contribution in [-0.4, -0.2) is 32.4 Å². The first-order valence-corrected chi connectivity index (χ1v) is 8.79. The predicted molar refractivity (Wildman–Crippen MR) is 114 cm³/mol. The number of nitrogens with two attached hydrogens (primary N) is 1. The maximum atomic E-state index is 10.4. The molecule has 29 heavy (non-hydrogen) atoms. The summed E-state index contributed by atoms with van der Waals surface area (Å²) < 4.78 is 14.6. The molecule has 166 valence electrons. The standard InChI is InChI=1S/C7H6ClNO3.C7H8ClNO.C4H8O.CH3.Pd/c1-12-7-4-5(8)2-3-6(7)9(10)11;1-10-7-4-5(8)2-3-6(7)9;1-2-4-5-3-1;;/h2-4H,1H3;2-4H,9H2,1H3;1-4H2;1H3;/q;;;-1;. The van der Waals surface area contributed by atoms with Gasteiger partial charge >= 0.3 is 5.69 Å². The summed E-state index contributed by atoms with van der Waals surface area (Å²) in [6, 6.07) is 9.26. The molecule has 1 aliphatic heterocycles. The van der Waals surface area contributed by atoms with Gasteiger partial charge in [0.05, 0.1) is 24.8 Å². The molecule has 1 aliphatic rings. The van der Waals surface area contributed by atoms with E-state index in [2.05, 4.69) is 0 Å². The Kier molecular flexibility index (Phi) is 16.6. The molecule has 0 bridgehead atoms. The van der Waals surface area contributed by atoms with Crippen LogP contribution in [0.4, 0.5) is 11.4 Å². The third kappa shape index (κ3) is 11.3. The van der Waals surface area contributed by atoms with Crippen molar-refractivity contribution in [2.75, 3.05) is 33.2 Å². The van der Waals surface area contributed by atoms with Crippen LogP contribution < -0.4 is 15.2 Å². The second-order valence-corrected chi connectivity index (χ2v) is 6.15. The van der Waals surface area contributed by atoms with Gasteiger partial charge in [-0.3, -0.25) is 10.1 Å². The van der Waals surface area contributed by atoms with E-state index in [0.29, 0.717) is 21.5 Å². The van der Waals surface area contributed by atoms with E-state index >= 15 is 0 Å². The molecule has 0 radical (unpaired) electrons. The van der Waals surface area contributed by atoms with Crippen LogP contribution in [0.25, 0.3) is 0 Å². The van der Waals surface area contributed by atoms with E-state index in [1.807, 2.05) is 0 Å². The normalized spacial score (nSPS) is 11.3. The van der Waals surface area contributed by atoms with E-state index in [1.54, 1.807) is 25.3 Å². The molecule has 3 rings (SSSR count). The maximum absolute atomic E-state index is 10.4. The van der Waals surface area contributed by atoms with E-state index < -0.39 is 4.92 Å². The average molecular weight is 539 g/mol. The summed E-state index contributed by atoms with van der Waals surface area (Å²) in [5.41, 5.74) is 6.04. The van der Waals surface area contributed by atoms with Crippen LogP contribution in [0.2, 0.25) is 10.0 Å². The molecular weight excluding hydrogens is 514 g/mol. The van der Waals surface area contributed by atoms with Gasteiger partial charge in [0.2, 0.25) is 0 Å². The van der Waals surface area contributed by atoms with Gasteiger partial charge in [-0.15, -0.1) is 0 Å². The van der Waals surface area contributed by atoms with Crippen molar-refractivity contribution in [1.82, 2.24) is 0 Å². The Bertz CT molecular complexity index is 739. The largest absolute Gasteiger partial charge is 0.495 e. The van der Waals surface area contributed by atoms with Gasteiger partial charge in [-0.1, -0.05) is 23.2 Å². The van der Waals surface area contributed by atoms with E-state index in [-0.39, 0.29) is 39.3 Å². The van der Waals surface area contributed by atoms with Crippen molar-refractivity contribution < 1.29 is 39.6 Å². The molecule has 2 N–H and O–H groups in total. The first-order chi connectivity index (χ1) is 12.9. The Balaban J connectivity index is 0. The molecule has 2 aromatic rings. The molecule has 0 spiro atoms. The van der Waals surface area contributed by atoms with Gasteiger partial charge in [-0.2, -0.15) is 0 Å². The Hall–Kier alpha value is -1.56. The van der Waals surface area contributed by atoms with Crippen molar-refractivity contribution in [2.45, 2.75) is 12.8 Å². The van der Waals surface area contributed by atoms with E-state index in [0.717, 1.165) is 13.2 Å². The van der Waals surface area contributed by atoms with Gasteiger partial charge in [0.25, 0.3) is 0 Å². The van der Waals surface area contributed by atoms with Gasteiger partial charge in [0, 0.05) is 61.9 Å². The molecule has 2 aromatic carbocycles. The number of halogens is 2. The molecule has 0 amide bonds. The van der Waals surface area contributed by atoms with Crippen LogP contribution in [0.1, 0.15) is 12.8 Å². The Morgan fingerprint density at radius 3 is 1.86 bits per heavy atom. The SMILES string of the molecule is C1CCOC1.COc1cc(Cl)ccc1N.COc1cc(Cl)ccc1[N+](=O)[O-].[CH3-].[Pd]. The van der Waals surface area contributed by atoms with Crippen molar-refractivity contribution in [3.63, 3.8) is 0 Å². The molecule has 1 heterocycles. The first kappa shape index (κ1) is 29.6. The summed E-state index contributed by atoms with van der Waals surface area (Å²) in [7, 11) is 2.92. The number of benzene rings is 2. The number of rotatable bonds is 3. The van der Waals surface area contributed by atoms with Crippen LogP contribution >= 0.6 is 23.2 Å². The van der Waals surface area contributed by atoms with Crippen LogP contribution in [0.3, 0.4) is 0 Å². The summed E-state index contributed by atoms with van der Waals surface area (Å²) in [6.45, 7) is 2.00. The van der Waals surface area contributed by atoms with E-state index in [4.69, 9.17) is 43.1 Å². The zero-order valence-electron chi connectivity index (χ0n) is 16.4. The Labute approximate surface area is 195 Å². The summed E-state index contributed by atoms with van der Waals surface area (Å²) in [4.78, 5) is 9.86. The van der Waals surface area contributed by atoms with Crippen LogP contribution in [0.5, 0.6) is 11.5 Å². The number of methoxy groups -OCH3 is 2. The number of nitrogens with zero attached hydrogens (tertiary/aromatic N) is 1. The predicted octanol–water partition coefficient (Wildman–Crippen LogP) is 5.43. The number of nitro benzene ring substituents is 1. The number of anilines is 1. The van der Waals surface area contributed by atoms with Gasteiger partial charge in [0.15, 0.2) is 5.75 Å². The second kappa shape index (κ2) is 16.3. The Morgan fingerprint density at radius 1 is 1.00 bits per heavy atom. The van der Waals surface area contributed by atoms with Gasteiger partial charge in [-0.25, -0.2) is 0 Å². The zero-order valence-corrected chi connectivity index (χ0v) is 19.5. The van der Waals surface area contributed by atoms with Gasteiger partial charge < -0.3 is 27.4 Å². The molecular formula is C19H25Cl2N2O5Pd-. The van der Waals surface area contributed by atoms with Crippen LogP contribution in [-0.2, 0) is 25.2 Å². The average Bonchev–Trinajstić information content (AvgIpc) is 3.24. The molecule has 1 fully saturated rings. The van der Waals surface area contributed by atoms with Crippen molar-refractivity contribution in [2.24, 2.45) is 0 Å². The molecule has 0 aromatic heterocycles. The molecule has 0 aliphatic carbocycles. The molecule has 0 saturated carbocycles. The third-order valence-electron chi connectivity index (χ3n) is 3.36. The monoisotopic (exact) mass is 537 g/mol. The number of hydrogen-bond donors (Lipinski definition) is 1. The molecule has 1 saturated heterocycles. The number of nitrogen functional groups attached to an aromatic ring is 1. The molecule has 10 heteroatoms. The van der Waals surface area contributed by atoms with Gasteiger partial charge in [-0.05, 0) is 31.0 Å². The minimum atomic E-state index is -0.519. The van der Waals surface area contributed by atoms with E-state index in [1.165, 1.54) is 38.2 Å². The zero-order chi connectivity index (χ0) is 20.2. The second-order valence-electron chi connectivity index (χ2n) is 5.28. The molecule has 7 nitrogen and oxygen atoms in total.